The van der Waals surface area contributed by atoms with E-state index >= 15 is 0 Å². The fraction of sp³-hybridized carbons (Fsp3) is 0.385. The second kappa shape index (κ2) is 6.99. The summed E-state index contributed by atoms with van der Waals surface area (Å²) in [4.78, 5) is 12.2. The van der Waals surface area contributed by atoms with E-state index in [0.717, 1.165) is 12.0 Å². The number of benzene rings is 1. The number of amides is 1. The average Bonchev–Trinajstić information content (AvgIpc) is 2.39. The Labute approximate surface area is 117 Å². The largest absolute Gasteiger partial charge is 0.409 e. The molecule has 0 radical (unpaired) electrons. The van der Waals surface area contributed by atoms with Crippen molar-refractivity contribution in [2.45, 2.75) is 26.7 Å². The highest BCUT2D eigenvalue weighted by molar-refractivity contribution is 6.34. The lowest BCUT2D eigenvalue weighted by atomic mass is 10.0. The summed E-state index contributed by atoms with van der Waals surface area (Å²) in [5.41, 5.74) is 6.95. The van der Waals surface area contributed by atoms with Crippen molar-refractivity contribution in [1.29, 1.82) is 0 Å². The predicted octanol–water partition coefficient (Wildman–Crippen LogP) is 2.75. The average molecular weight is 284 g/mol. The third kappa shape index (κ3) is 3.86. The van der Waals surface area contributed by atoms with Gasteiger partial charge in [-0.1, -0.05) is 42.2 Å². The van der Waals surface area contributed by atoms with Crippen LogP contribution in [0.3, 0.4) is 0 Å². The Bertz CT molecular complexity index is 469. The van der Waals surface area contributed by atoms with Crippen LogP contribution in [0.25, 0.3) is 0 Å². The molecule has 0 aromatic heterocycles. The fourth-order valence-electron chi connectivity index (χ4n) is 1.77. The Kier molecular flexibility index (Phi) is 5.63. The third-order valence-corrected chi connectivity index (χ3v) is 3.15. The second-order valence-electron chi connectivity index (χ2n) is 4.29. The number of oxime groups is 1. The van der Waals surface area contributed by atoms with Gasteiger partial charge >= 0.3 is 0 Å². The van der Waals surface area contributed by atoms with Gasteiger partial charge < -0.3 is 16.3 Å². The summed E-state index contributed by atoms with van der Waals surface area (Å²) in [6.07, 6.45) is 1.25. The number of anilines is 1. The molecule has 6 heteroatoms. The summed E-state index contributed by atoms with van der Waals surface area (Å²) < 4.78 is 0. The first kappa shape index (κ1) is 15.3. The molecule has 1 aromatic carbocycles. The number of rotatable bonds is 5. The molecule has 1 aromatic rings. The van der Waals surface area contributed by atoms with Gasteiger partial charge in [-0.3, -0.25) is 4.79 Å². The Morgan fingerprint density at radius 2 is 2.26 bits per heavy atom. The maximum Gasteiger partial charge on any atom is 0.235 e. The minimum Gasteiger partial charge on any atom is -0.409 e. The van der Waals surface area contributed by atoms with Crippen molar-refractivity contribution in [2.75, 3.05) is 5.32 Å². The number of hydrogen-bond donors (Lipinski definition) is 3. The maximum atomic E-state index is 12.2. The normalized spacial score (nSPS) is 13.1. The topological polar surface area (TPSA) is 87.7 Å². The lowest BCUT2D eigenvalue weighted by Gasteiger charge is -2.16. The lowest BCUT2D eigenvalue weighted by molar-refractivity contribution is -0.118. The van der Waals surface area contributed by atoms with Gasteiger partial charge in [0.1, 0.15) is 0 Å². The lowest BCUT2D eigenvalue weighted by Crippen LogP contribution is -2.34. The van der Waals surface area contributed by atoms with Gasteiger partial charge in [-0.25, -0.2) is 0 Å². The first-order valence-corrected chi connectivity index (χ1v) is 6.42. The maximum absolute atomic E-state index is 12.2. The van der Waals surface area contributed by atoms with Crippen LogP contribution in [0, 0.1) is 12.8 Å². The van der Waals surface area contributed by atoms with E-state index in [-0.39, 0.29) is 11.7 Å². The highest BCUT2D eigenvalue weighted by Crippen LogP contribution is 2.26. The van der Waals surface area contributed by atoms with Crippen LogP contribution in [0.1, 0.15) is 25.3 Å². The van der Waals surface area contributed by atoms with Gasteiger partial charge in [0.15, 0.2) is 5.84 Å². The first-order chi connectivity index (χ1) is 9.01. The van der Waals surface area contributed by atoms with Crippen LogP contribution in [0.4, 0.5) is 5.69 Å². The molecule has 0 saturated carbocycles. The molecule has 1 rings (SSSR count). The van der Waals surface area contributed by atoms with Crippen LogP contribution in [-0.4, -0.2) is 17.0 Å². The van der Waals surface area contributed by atoms with Crippen LogP contribution < -0.4 is 11.1 Å². The number of carbonyl (C=O) groups excluding carboxylic acids is 1. The van der Waals surface area contributed by atoms with Crippen molar-refractivity contribution >= 4 is 29.0 Å². The Hall–Kier alpha value is -1.75. The van der Waals surface area contributed by atoms with Gasteiger partial charge in [0, 0.05) is 0 Å². The van der Waals surface area contributed by atoms with Gasteiger partial charge in [-0.05, 0) is 25.0 Å². The van der Waals surface area contributed by atoms with Crippen LogP contribution in [0.5, 0.6) is 0 Å². The van der Waals surface area contributed by atoms with E-state index < -0.39 is 5.92 Å². The molecule has 19 heavy (non-hydrogen) atoms. The number of carbonyl (C=O) groups is 1. The van der Waals surface area contributed by atoms with E-state index in [1.165, 1.54) is 0 Å². The summed E-state index contributed by atoms with van der Waals surface area (Å²) in [5, 5.41) is 14.8. The zero-order valence-electron chi connectivity index (χ0n) is 11.0. The zero-order valence-corrected chi connectivity index (χ0v) is 11.7. The molecule has 0 heterocycles. The van der Waals surface area contributed by atoms with E-state index in [1.54, 1.807) is 12.1 Å². The molecule has 0 aliphatic carbocycles. The fourth-order valence-corrected chi connectivity index (χ4v) is 2.04. The number of halogens is 1. The van der Waals surface area contributed by atoms with Gasteiger partial charge in [-0.15, -0.1) is 0 Å². The van der Waals surface area contributed by atoms with E-state index in [1.807, 2.05) is 19.9 Å². The second-order valence-corrected chi connectivity index (χ2v) is 4.69. The molecule has 104 valence electrons. The van der Waals surface area contributed by atoms with Gasteiger partial charge in [0.25, 0.3) is 0 Å². The number of nitrogens with zero attached hydrogens (tertiary/aromatic N) is 1. The molecule has 0 aliphatic rings. The smallest absolute Gasteiger partial charge is 0.235 e. The Morgan fingerprint density at radius 3 is 2.79 bits per heavy atom. The molecule has 1 atom stereocenters. The third-order valence-electron chi connectivity index (χ3n) is 2.84. The SMILES string of the molecule is CCCC(C(=O)Nc1c(C)cccc1Cl)C(N)=NO. The van der Waals surface area contributed by atoms with Crippen LogP contribution in [-0.2, 0) is 4.79 Å². The van der Waals surface area contributed by atoms with Crippen molar-refractivity contribution in [2.24, 2.45) is 16.8 Å². The molecule has 1 unspecified atom stereocenters. The number of nitrogens with two attached hydrogens (primary N) is 1. The molecule has 1 amide bonds. The summed E-state index contributed by atoms with van der Waals surface area (Å²) in [7, 11) is 0. The summed E-state index contributed by atoms with van der Waals surface area (Å²) in [5.74, 6) is -1.08. The number of amidine groups is 1. The number of nitrogens with one attached hydrogen (secondary N) is 1. The standard InChI is InChI=1S/C13H18ClN3O2/c1-3-5-9(12(15)17-19)13(18)16-11-8(2)6-4-7-10(11)14/h4,6-7,9,19H,3,5H2,1-2H3,(H2,15,17)(H,16,18). The molecule has 0 bridgehead atoms. The molecule has 0 spiro atoms. The van der Waals surface area contributed by atoms with Gasteiger partial charge in [0.05, 0.1) is 16.6 Å². The van der Waals surface area contributed by atoms with Crippen LogP contribution >= 0.6 is 11.6 Å². The van der Waals surface area contributed by atoms with E-state index in [9.17, 15) is 4.79 Å². The molecule has 4 N–H and O–H groups in total. The van der Waals surface area contributed by atoms with Crippen molar-refractivity contribution in [3.8, 4) is 0 Å². The molecule has 0 saturated heterocycles. The number of hydrogen-bond acceptors (Lipinski definition) is 3. The molecule has 5 nitrogen and oxygen atoms in total. The molecular weight excluding hydrogens is 266 g/mol. The number of aryl methyl sites for hydroxylation is 1. The van der Waals surface area contributed by atoms with E-state index in [4.69, 9.17) is 22.5 Å². The molecule has 0 fully saturated rings. The highest BCUT2D eigenvalue weighted by atomic mass is 35.5. The Balaban J connectivity index is 2.94. The van der Waals surface area contributed by atoms with E-state index in [0.29, 0.717) is 17.1 Å². The molecular formula is C13H18ClN3O2. The summed E-state index contributed by atoms with van der Waals surface area (Å²) >= 11 is 6.04. The summed E-state index contributed by atoms with van der Waals surface area (Å²) in [6, 6.07) is 5.35. The zero-order chi connectivity index (χ0) is 14.4. The van der Waals surface area contributed by atoms with Gasteiger partial charge in [-0.2, -0.15) is 0 Å². The highest BCUT2D eigenvalue weighted by Gasteiger charge is 2.23. The van der Waals surface area contributed by atoms with Crippen molar-refractivity contribution < 1.29 is 10.0 Å². The Morgan fingerprint density at radius 1 is 1.58 bits per heavy atom. The number of para-hydroxylation sites is 1. The molecule has 0 aliphatic heterocycles. The first-order valence-electron chi connectivity index (χ1n) is 6.04. The van der Waals surface area contributed by atoms with Gasteiger partial charge in [0.2, 0.25) is 5.91 Å². The quantitative estimate of drug-likeness (QED) is 0.336. The minimum absolute atomic E-state index is 0.0935. The summed E-state index contributed by atoms with van der Waals surface area (Å²) in [6.45, 7) is 3.77. The van der Waals surface area contributed by atoms with Crippen molar-refractivity contribution in [3.05, 3.63) is 28.8 Å². The van der Waals surface area contributed by atoms with Crippen LogP contribution in [0.2, 0.25) is 5.02 Å². The van der Waals surface area contributed by atoms with E-state index in [2.05, 4.69) is 10.5 Å². The predicted molar refractivity (Wildman–Crippen MR) is 76.6 cm³/mol. The van der Waals surface area contributed by atoms with Crippen molar-refractivity contribution in [3.63, 3.8) is 0 Å². The van der Waals surface area contributed by atoms with Crippen molar-refractivity contribution in [1.82, 2.24) is 0 Å². The monoisotopic (exact) mass is 283 g/mol. The van der Waals surface area contributed by atoms with Crippen LogP contribution in [0.15, 0.2) is 23.4 Å². The minimum atomic E-state index is -0.661.